The molecule has 104 valence electrons. The smallest absolute Gasteiger partial charge is 0.339 e. The third-order valence-electron chi connectivity index (χ3n) is 3.06. The van der Waals surface area contributed by atoms with Crippen molar-refractivity contribution in [3.8, 4) is 5.69 Å². The van der Waals surface area contributed by atoms with E-state index in [1.807, 2.05) is 44.2 Å². The molecule has 0 aliphatic heterocycles. The highest BCUT2D eigenvalue weighted by atomic mass is 16.4. The summed E-state index contributed by atoms with van der Waals surface area (Å²) in [4.78, 5) is 11.3. The van der Waals surface area contributed by atoms with Gasteiger partial charge in [-0.05, 0) is 38.0 Å². The molecule has 2 aromatic rings. The molecule has 0 amide bonds. The van der Waals surface area contributed by atoms with Crippen molar-refractivity contribution in [1.82, 2.24) is 9.78 Å². The predicted molar refractivity (Wildman–Crippen MR) is 79.2 cm³/mol. The quantitative estimate of drug-likeness (QED) is 0.924. The number of benzene rings is 1. The summed E-state index contributed by atoms with van der Waals surface area (Å²) in [6, 6.07) is 7.90. The number of rotatable bonds is 4. The highest BCUT2D eigenvalue weighted by Gasteiger charge is 2.17. The monoisotopic (exact) mass is 270 g/mol. The number of carboxylic acids is 1. The molecule has 0 saturated heterocycles. The minimum Gasteiger partial charge on any atom is -0.478 e. The first-order valence-corrected chi connectivity index (χ1v) is 6.59. The minimum absolute atomic E-state index is 0.220. The van der Waals surface area contributed by atoms with Gasteiger partial charge in [-0.1, -0.05) is 30.7 Å². The molecule has 1 aromatic heterocycles. The summed E-state index contributed by atoms with van der Waals surface area (Å²) >= 11 is 0. The van der Waals surface area contributed by atoms with Crippen LogP contribution in [-0.2, 0) is 6.42 Å². The van der Waals surface area contributed by atoms with Crippen molar-refractivity contribution in [2.75, 3.05) is 0 Å². The zero-order valence-electron chi connectivity index (χ0n) is 11.9. The molecule has 0 unspecified atom stereocenters. The van der Waals surface area contributed by atoms with Crippen LogP contribution in [0.2, 0.25) is 0 Å². The molecule has 0 saturated carbocycles. The average Bonchev–Trinajstić information content (AvgIpc) is 2.81. The molecule has 2 rings (SSSR count). The highest BCUT2D eigenvalue weighted by molar-refractivity contribution is 5.91. The first kappa shape index (κ1) is 14.1. The van der Waals surface area contributed by atoms with Gasteiger partial charge in [0.15, 0.2) is 0 Å². The maximum absolute atomic E-state index is 11.3. The number of carboxylic acid groups (broad SMARTS) is 1. The van der Waals surface area contributed by atoms with Crippen LogP contribution in [0, 0.1) is 0 Å². The van der Waals surface area contributed by atoms with Gasteiger partial charge >= 0.3 is 5.97 Å². The van der Waals surface area contributed by atoms with Gasteiger partial charge in [0, 0.05) is 0 Å². The molecule has 0 aliphatic rings. The fourth-order valence-electron chi connectivity index (χ4n) is 2.14. The van der Waals surface area contributed by atoms with Gasteiger partial charge in [-0.25, -0.2) is 9.48 Å². The molecule has 0 bridgehead atoms. The Morgan fingerprint density at radius 1 is 1.35 bits per heavy atom. The summed E-state index contributed by atoms with van der Waals surface area (Å²) in [5.74, 6) is -0.960. The van der Waals surface area contributed by atoms with E-state index in [0.29, 0.717) is 5.69 Å². The number of aryl methyl sites for hydroxylation is 1. The lowest BCUT2D eigenvalue weighted by Crippen LogP contribution is -2.05. The Kier molecular flexibility index (Phi) is 4.03. The summed E-state index contributed by atoms with van der Waals surface area (Å²) in [6.45, 7) is 5.95. The molecule has 4 heteroatoms. The maximum Gasteiger partial charge on any atom is 0.339 e. The second-order valence-corrected chi connectivity index (χ2v) is 4.86. The van der Waals surface area contributed by atoms with Crippen LogP contribution >= 0.6 is 0 Å². The van der Waals surface area contributed by atoms with E-state index in [2.05, 4.69) is 12.0 Å². The molecule has 0 atom stereocenters. The van der Waals surface area contributed by atoms with E-state index in [1.54, 1.807) is 4.68 Å². The van der Waals surface area contributed by atoms with Crippen molar-refractivity contribution in [2.45, 2.75) is 27.2 Å². The molecule has 4 nitrogen and oxygen atoms in total. The van der Waals surface area contributed by atoms with Gasteiger partial charge in [-0.2, -0.15) is 5.10 Å². The van der Waals surface area contributed by atoms with Gasteiger partial charge in [0.2, 0.25) is 0 Å². The van der Waals surface area contributed by atoms with Crippen LogP contribution in [0.25, 0.3) is 11.8 Å². The maximum atomic E-state index is 11.3. The van der Waals surface area contributed by atoms with Crippen molar-refractivity contribution in [3.63, 3.8) is 0 Å². The molecular formula is C16H18N2O2. The molecule has 20 heavy (non-hydrogen) atoms. The zero-order chi connectivity index (χ0) is 14.7. The van der Waals surface area contributed by atoms with E-state index in [0.717, 1.165) is 23.2 Å². The second-order valence-electron chi connectivity index (χ2n) is 4.86. The number of carbonyl (C=O) groups is 1. The van der Waals surface area contributed by atoms with Crippen LogP contribution < -0.4 is 0 Å². The van der Waals surface area contributed by atoms with Crippen LogP contribution in [0.4, 0.5) is 0 Å². The molecule has 1 aromatic carbocycles. The fourth-order valence-corrected chi connectivity index (χ4v) is 2.14. The molecule has 1 heterocycles. The number of aromatic nitrogens is 2. The van der Waals surface area contributed by atoms with E-state index >= 15 is 0 Å². The minimum atomic E-state index is -0.960. The standard InChI is InChI=1S/C16H18N2O2/c1-4-12-7-5-6-8-14(12)18-15(9-11(2)3)13(10-17-18)16(19)20/h5-10H,4H2,1-3H3,(H,19,20). The van der Waals surface area contributed by atoms with Crippen LogP contribution in [0.5, 0.6) is 0 Å². The molecule has 0 radical (unpaired) electrons. The summed E-state index contributed by atoms with van der Waals surface area (Å²) < 4.78 is 1.70. The normalized spacial score (nSPS) is 10.3. The molecule has 0 aliphatic carbocycles. The van der Waals surface area contributed by atoms with Gasteiger partial charge < -0.3 is 5.11 Å². The zero-order valence-corrected chi connectivity index (χ0v) is 11.9. The largest absolute Gasteiger partial charge is 0.478 e. The summed E-state index contributed by atoms with van der Waals surface area (Å²) in [5, 5.41) is 13.5. The third kappa shape index (κ3) is 2.64. The van der Waals surface area contributed by atoms with Crippen molar-refractivity contribution in [3.05, 3.63) is 52.9 Å². The van der Waals surface area contributed by atoms with E-state index < -0.39 is 5.97 Å². The number of nitrogens with zero attached hydrogens (tertiary/aromatic N) is 2. The number of para-hydroxylation sites is 1. The van der Waals surface area contributed by atoms with Crippen LogP contribution in [0.3, 0.4) is 0 Å². The van der Waals surface area contributed by atoms with Gasteiger partial charge in [-0.3, -0.25) is 0 Å². The van der Waals surface area contributed by atoms with Crippen LogP contribution in [0.1, 0.15) is 42.4 Å². The first-order chi connectivity index (χ1) is 9.54. The molecule has 0 spiro atoms. The predicted octanol–water partition coefficient (Wildman–Crippen LogP) is 3.56. The average molecular weight is 270 g/mol. The van der Waals surface area contributed by atoms with E-state index in [4.69, 9.17) is 0 Å². The van der Waals surface area contributed by atoms with Crippen LogP contribution in [-0.4, -0.2) is 20.9 Å². The van der Waals surface area contributed by atoms with Crippen molar-refractivity contribution in [2.24, 2.45) is 0 Å². The van der Waals surface area contributed by atoms with Gasteiger partial charge in [0.1, 0.15) is 5.56 Å². The van der Waals surface area contributed by atoms with Gasteiger partial charge in [0.25, 0.3) is 0 Å². The Labute approximate surface area is 118 Å². The number of hydrogen-bond acceptors (Lipinski definition) is 2. The summed E-state index contributed by atoms with van der Waals surface area (Å²) in [5.41, 5.74) is 3.92. The van der Waals surface area contributed by atoms with Crippen LogP contribution in [0.15, 0.2) is 36.0 Å². The summed E-state index contributed by atoms with van der Waals surface area (Å²) in [7, 11) is 0. The van der Waals surface area contributed by atoms with Crippen molar-refractivity contribution >= 4 is 12.0 Å². The Balaban J connectivity index is 2.68. The van der Waals surface area contributed by atoms with E-state index in [-0.39, 0.29) is 5.56 Å². The topological polar surface area (TPSA) is 55.1 Å². The fraction of sp³-hybridized carbons (Fsp3) is 0.250. The SMILES string of the molecule is CCc1ccccc1-n1ncc(C(=O)O)c1C=C(C)C. The van der Waals surface area contributed by atoms with Crippen molar-refractivity contribution in [1.29, 1.82) is 0 Å². The third-order valence-corrected chi connectivity index (χ3v) is 3.06. The Morgan fingerprint density at radius 2 is 2.05 bits per heavy atom. The van der Waals surface area contributed by atoms with Gasteiger partial charge in [0.05, 0.1) is 17.6 Å². The highest BCUT2D eigenvalue weighted by Crippen LogP contribution is 2.21. The summed E-state index contributed by atoms with van der Waals surface area (Å²) in [6.07, 6.45) is 4.12. The number of aromatic carboxylic acids is 1. The molecular weight excluding hydrogens is 252 g/mol. The first-order valence-electron chi connectivity index (χ1n) is 6.59. The lowest BCUT2D eigenvalue weighted by atomic mass is 10.1. The second kappa shape index (κ2) is 5.74. The Bertz CT molecular complexity index is 665. The van der Waals surface area contributed by atoms with E-state index in [9.17, 15) is 9.90 Å². The number of allylic oxidation sites excluding steroid dienone is 1. The molecule has 1 N–H and O–H groups in total. The number of hydrogen-bond donors (Lipinski definition) is 1. The Morgan fingerprint density at radius 3 is 2.65 bits per heavy atom. The Hall–Kier alpha value is -2.36. The lowest BCUT2D eigenvalue weighted by Gasteiger charge is -2.10. The van der Waals surface area contributed by atoms with Crippen molar-refractivity contribution < 1.29 is 9.90 Å². The molecule has 0 fully saturated rings. The van der Waals surface area contributed by atoms with E-state index in [1.165, 1.54) is 6.20 Å². The van der Waals surface area contributed by atoms with Gasteiger partial charge in [-0.15, -0.1) is 0 Å². The lowest BCUT2D eigenvalue weighted by molar-refractivity contribution is 0.0696.